The van der Waals surface area contributed by atoms with Crippen LogP contribution in [0, 0.1) is 5.41 Å². The first-order valence-corrected chi connectivity index (χ1v) is 12.1. The summed E-state index contributed by atoms with van der Waals surface area (Å²) in [5.41, 5.74) is 4.17. The maximum atomic E-state index is 11.8. The second kappa shape index (κ2) is 7.10. The summed E-state index contributed by atoms with van der Waals surface area (Å²) < 4.78 is 34.4. The Hall–Kier alpha value is -2.38. The Kier molecular flexibility index (Phi) is 4.63. The van der Waals surface area contributed by atoms with Gasteiger partial charge in [-0.05, 0) is 54.4 Å². The van der Waals surface area contributed by atoms with Crippen LogP contribution in [-0.4, -0.2) is 57.8 Å². The van der Waals surface area contributed by atoms with Crippen molar-refractivity contribution in [3.8, 4) is 11.5 Å². The highest BCUT2D eigenvalue weighted by Crippen LogP contribution is 2.47. The Morgan fingerprint density at radius 1 is 1.03 bits per heavy atom. The van der Waals surface area contributed by atoms with Crippen LogP contribution < -0.4 is 9.47 Å². The third-order valence-corrected chi connectivity index (χ3v) is 8.73. The van der Waals surface area contributed by atoms with E-state index in [2.05, 4.69) is 11.0 Å². The minimum atomic E-state index is -2.84. The van der Waals surface area contributed by atoms with Gasteiger partial charge in [-0.1, -0.05) is 6.07 Å². The molecule has 30 heavy (non-hydrogen) atoms. The van der Waals surface area contributed by atoms with Crippen molar-refractivity contribution in [2.24, 2.45) is 10.4 Å². The number of hydrogen-bond donors (Lipinski definition) is 0. The Balaban J connectivity index is 1.48. The van der Waals surface area contributed by atoms with Gasteiger partial charge in [0.25, 0.3) is 0 Å². The molecule has 0 saturated carbocycles. The summed E-state index contributed by atoms with van der Waals surface area (Å²) in [6, 6.07) is 14.3. The van der Waals surface area contributed by atoms with Crippen molar-refractivity contribution in [1.29, 1.82) is 0 Å². The van der Waals surface area contributed by atoms with Gasteiger partial charge in [-0.15, -0.1) is 0 Å². The average Bonchev–Trinajstić information content (AvgIpc) is 3.15. The van der Waals surface area contributed by atoms with Gasteiger partial charge < -0.3 is 9.47 Å². The Morgan fingerprint density at radius 2 is 1.73 bits per heavy atom. The van der Waals surface area contributed by atoms with E-state index in [1.807, 2.05) is 36.4 Å². The SMILES string of the molecule is COc1ccc(C2=Nc3cc(OC)ccc3C(N3CCC4(C3)CS(=O)(=O)C4)C2)cc1. The molecule has 2 aromatic carbocycles. The maximum Gasteiger partial charge on any atom is 0.151 e. The van der Waals surface area contributed by atoms with Gasteiger partial charge in [0.05, 0.1) is 37.1 Å². The zero-order chi connectivity index (χ0) is 20.9. The van der Waals surface area contributed by atoms with E-state index in [1.54, 1.807) is 14.2 Å². The molecule has 0 radical (unpaired) electrons. The maximum absolute atomic E-state index is 11.8. The molecule has 5 rings (SSSR count). The lowest BCUT2D eigenvalue weighted by Gasteiger charge is -2.39. The van der Waals surface area contributed by atoms with Crippen molar-refractivity contribution in [3.63, 3.8) is 0 Å². The van der Waals surface area contributed by atoms with Crippen molar-refractivity contribution in [3.05, 3.63) is 53.6 Å². The lowest BCUT2D eigenvalue weighted by Crippen LogP contribution is -2.50. The molecular formula is C23H26N2O4S. The monoisotopic (exact) mass is 426 g/mol. The normalized spacial score (nSPS) is 24.1. The van der Waals surface area contributed by atoms with Gasteiger partial charge in [0.2, 0.25) is 0 Å². The van der Waals surface area contributed by atoms with Gasteiger partial charge >= 0.3 is 0 Å². The van der Waals surface area contributed by atoms with E-state index in [4.69, 9.17) is 14.5 Å². The Morgan fingerprint density at radius 3 is 2.40 bits per heavy atom. The topological polar surface area (TPSA) is 68.2 Å². The molecule has 7 heteroatoms. The first-order valence-electron chi connectivity index (χ1n) is 10.2. The fraction of sp³-hybridized carbons (Fsp3) is 0.435. The van der Waals surface area contributed by atoms with Crippen LogP contribution >= 0.6 is 0 Å². The highest BCUT2D eigenvalue weighted by Gasteiger charge is 2.53. The van der Waals surface area contributed by atoms with Gasteiger partial charge in [-0.3, -0.25) is 9.89 Å². The zero-order valence-corrected chi connectivity index (χ0v) is 18.1. The first-order chi connectivity index (χ1) is 14.4. The van der Waals surface area contributed by atoms with Gasteiger partial charge in [0.1, 0.15) is 11.5 Å². The van der Waals surface area contributed by atoms with Crippen molar-refractivity contribution in [1.82, 2.24) is 4.90 Å². The summed E-state index contributed by atoms with van der Waals surface area (Å²) in [5.74, 6) is 2.27. The number of fused-ring (bicyclic) bond motifs is 1. The number of sulfone groups is 1. The van der Waals surface area contributed by atoms with E-state index in [0.29, 0.717) is 11.5 Å². The molecule has 0 bridgehead atoms. The summed E-state index contributed by atoms with van der Waals surface area (Å²) in [7, 11) is 0.490. The minimum Gasteiger partial charge on any atom is -0.497 e. The van der Waals surface area contributed by atoms with Crippen molar-refractivity contribution < 1.29 is 17.9 Å². The summed E-state index contributed by atoms with van der Waals surface area (Å²) in [4.78, 5) is 7.42. The van der Waals surface area contributed by atoms with E-state index in [1.165, 1.54) is 5.56 Å². The van der Waals surface area contributed by atoms with E-state index < -0.39 is 9.84 Å². The molecule has 3 aliphatic heterocycles. The molecule has 1 spiro atoms. The third kappa shape index (κ3) is 3.40. The van der Waals surface area contributed by atoms with Crippen molar-refractivity contribution in [2.45, 2.75) is 18.9 Å². The van der Waals surface area contributed by atoms with Crippen molar-refractivity contribution in [2.75, 3.05) is 38.8 Å². The number of aliphatic imine (C=N–C) groups is 1. The van der Waals surface area contributed by atoms with Gasteiger partial charge in [0, 0.05) is 30.5 Å². The number of methoxy groups -OCH3 is 2. The fourth-order valence-electron chi connectivity index (χ4n) is 5.17. The molecule has 3 aliphatic rings. The van der Waals surface area contributed by atoms with E-state index in [0.717, 1.165) is 54.4 Å². The Bertz CT molecular complexity index is 1100. The highest BCUT2D eigenvalue weighted by molar-refractivity contribution is 7.92. The molecule has 2 fully saturated rings. The van der Waals surface area contributed by atoms with Gasteiger partial charge in [-0.2, -0.15) is 0 Å². The third-order valence-electron chi connectivity index (χ3n) is 6.62. The van der Waals surface area contributed by atoms with E-state index >= 15 is 0 Å². The first kappa shape index (κ1) is 19.6. The minimum absolute atomic E-state index is 0.0552. The zero-order valence-electron chi connectivity index (χ0n) is 17.3. The number of nitrogens with zero attached hydrogens (tertiary/aromatic N) is 2. The van der Waals surface area contributed by atoms with Crippen LogP contribution in [0.1, 0.15) is 30.0 Å². The van der Waals surface area contributed by atoms with Gasteiger partial charge in [-0.25, -0.2) is 8.42 Å². The van der Waals surface area contributed by atoms with Crippen LogP contribution in [0.4, 0.5) is 5.69 Å². The van der Waals surface area contributed by atoms with Crippen LogP contribution in [0.2, 0.25) is 0 Å². The molecule has 0 amide bonds. The summed E-state index contributed by atoms with van der Waals surface area (Å²) in [6.07, 6.45) is 1.75. The standard InChI is InChI=1S/C23H26N2O4S/c1-28-17-5-3-16(4-6-17)20-12-22(19-8-7-18(29-2)11-21(19)24-20)25-10-9-23(13-25)14-30(26,27)15-23/h3-8,11,22H,9-10,12-15H2,1-2H3. The van der Waals surface area contributed by atoms with Crippen LogP contribution in [0.15, 0.2) is 47.5 Å². The number of benzene rings is 2. The van der Waals surface area contributed by atoms with Crippen LogP contribution in [0.25, 0.3) is 0 Å². The fourth-order valence-corrected chi connectivity index (χ4v) is 7.42. The largest absolute Gasteiger partial charge is 0.497 e. The molecule has 1 unspecified atom stereocenters. The molecule has 158 valence electrons. The van der Waals surface area contributed by atoms with Crippen molar-refractivity contribution >= 4 is 21.2 Å². The predicted molar refractivity (Wildman–Crippen MR) is 117 cm³/mol. The van der Waals surface area contributed by atoms with Crippen LogP contribution in [-0.2, 0) is 9.84 Å². The molecule has 2 saturated heterocycles. The molecule has 0 N–H and O–H groups in total. The summed E-state index contributed by atoms with van der Waals surface area (Å²) in [5, 5.41) is 0. The van der Waals surface area contributed by atoms with E-state index in [9.17, 15) is 8.42 Å². The molecular weight excluding hydrogens is 400 g/mol. The number of rotatable bonds is 4. The lowest BCUT2D eigenvalue weighted by atomic mass is 9.89. The number of likely N-dealkylation sites (tertiary alicyclic amines) is 1. The second-order valence-electron chi connectivity index (χ2n) is 8.68. The number of ether oxygens (including phenoxy) is 2. The molecule has 3 heterocycles. The summed E-state index contributed by atoms with van der Waals surface area (Å²) >= 11 is 0. The summed E-state index contributed by atoms with van der Waals surface area (Å²) in [6.45, 7) is 1.75. The quantitative estimate of drug-likeness (QED) is 0.750. The van der Waals surface area contributed by atoms with Gasteiger partial charge in [0.15, 0.2) is 9.84 Å². The predicted octanol–water partition coefficient (Wildman–Crippen LogP) is 3.39. The van der Waals surface area contributed by atoms with Crippen LogP contribution in [0.5, 0.6) is 11.5 Å². The smallest absolute Gasteiger partial charge is 0.151 e. The van der Waals surface area contributed by atoms with E-state index in [-0.39, 0.29) is 11.5 Å². The second-order valence-corrected chi connectivity index (χ2v) is 10.7. The highest BCUT2D eigenvalue weighted by atomic mass is 32.2. The van der Waals surface area contributed by atoms with Crippen LogP contribution in [0.3, 0.4) is 0 Å². The Labute approximate surface area is 177 Å². The molecule has 0 aromatic heterocycles. The average molecular weight is 427 g/mol. The molecule has 1 atom stereocenters. The number of hydrogen-bond acceptors (Lipinski definition) is 6. The molecule has 2 aromatic rings. The molecule has 0 aliphatic carbocycles. The lowest BCUT2D eigenvalue weighted by molar-refractivity contribution is 0.218. The molecule has 6 nitrogen and oxygen atoms in total.